The Bertz CT molecular complexity index is 2300. The van der Waals surface area contributed by atoms with Crippen LogP contribution in [-0.4, -0.2) is 45.3 Å². The number of hydrogen-bond donors (Lipinski definition) is 2. The van der Waals surface area contributed by atoms with Gasteiger partial charge in [-0.1, -0.05) is 48.0 Å². The van der Waals surface area contributed by atoms with E-state index < -0.39 is 0 Å². The van der Waals surface area contributed by atoms with Crippen molar-refractivity contribution < 1.29 is 19.0 Å². The molecule has 278 valence electrons. The van der Waals surface area contributed by atoms with Crippen LogP contribution in [0, 0.1) is 12.8 Å². The fourth-order valence-corrected chi connectivity index (χ4v) is 7.15. The Balaban J connectivity index is 1.11. The molecule has 0 radical (unpaired) electrons. The van der Waals surface area contributed by atoms with Crippen molar-refractivity contribution in [1.29, 1.82) is 0 Å². The largest absolute Gasteiger partial charge is 0.497 e. The summed E-state index contributed by atoms with van der Waals surface area (Å²) >= 11 is 6.11. The van der Waals surface area contributed by atoms with Crippen LogP contribution < -0.4 is 30.5 Å². The van der Waals surface area contributed by atoms with Crippen LogP contribution in [-0.2, 0) is 19.7 Å². The molecule has 0 saturated heterocycles. The highest BCUT2D eigenvalue weighted by molar-refractivity contribution is 6.30. The summed E-state index contributed by atoms with van der Waals surface area (Å²) in [6.45, 7) is 3.18. The number of imidazole rings is 1. The molecule has 1 amide bonds. The number of carbonyl (C=O) groups excluding carboxylic acids is 1. The number of nitrogens with zero attached hydrogens (tertiary/aromatic N) is 4. The van der Waals surface area contributed by atoms with Gasteiger partial charge in [-0.05, 0) is 92.1 Å². The third kappa shape index (κ3) is 8.21. The van der Waals surface area contributed by atoms with Crippen LogP contribution in [0.4, 0.5) is 5.82 Å². The third-order valence-corrected chi connectivity index (χ3v) is 10.2. The van der Waals surface area contributed by atoms with E-state index >= 15 is 0 Å². The third-order valence-electron chi connectivity index (χ3n) is 10.0. The van der Waals surface area contributed by atoms with Gasteiger partial charge in [0.2, 0.25) is 0 Å². The molecule has 11 nitrogen and oxygen atoms in total. The molecule has 7 rings (SSSR count). The van der Waals surface area contributed by atoms with E-state index in [9.17, 15) is 9.59 Å². The predicted octanol–water partition coefficient (Wildman–Crippen LogP) is 7.74. The monoisotopic (exact) mass is 746 g/mol. The number of aryl methyl sites for hydroxylation is 1. The van der Waals surface area contributed by atoms with Gasteiger partial charge >= 0.3 is 5.69 Å². The maximum absolute atomic E-state index is 14.3. The molecule has 0 spiro atoms. The fraction of sp³-hybridized carbons (Fsp3) is 0.286. The van der Waals surface area contributed by atoms with E-state index in [0.717, 1.165) is 59.3 Å². The van der Waals surface area contributed by atoms with Crippen molar-refractivity contribution in [1.82, 2.24) is 24.4 Å². The molecule has 0 atom stereocenters. The summed E-state index contributed by atoms with van der Waals surface area (Å²) in [7, 11) is 3.28. The first-order valence-corrected chi connectivity index (χ1v) is 18.4. The van der Waals surface area contributed by atoms with E-state index in [1.165, 1.54) is 0 Å². The van der Waals surface area contributed by atoms with Gasteiger partial charge in [-0.3, -0.25) is 18.9 Å². The summed E-state index contributed by atoms with van der Waals surface area (Å²) < 4.78 is 20.6. The second-order valence-corrected chi connectivity index (χ2v) is 14.0. The lowest BCUT2D eigenvalue weighted by Gasteiger charge is -2.29. The zero-order valence-corrected chi connectivity index (χ0v) is 31.3. The summed E-state index contributed by atoms with van der Waals surface area (Å²) in [6, 6.07) is 26.9. The van der Waals surface area contributed by atoms with Gasteiger partial charge < -0.3 is 24.8 Å². The Kier molecular flexibility index (Phi) is 11.1. The smallest absolute Gasteiger partial charge is 0.333 e. The summed E-state index contributed by atoms with van der Waals surface area (Å²) in [5.74, 6) is 2.74. The highest BCUT2D eigenvalue weighted by Gasteiger charge is 2.26. The van der Waals surface area contributed by atoms with Crippen molar-refractivity contribution >= 4 is 34.4 Å². The van der Waals surface area contributed by atoms with Crippen LogP contribution >= 0.6 is 11.6 Å². The Morgan fingerprint density at radius 3 is 2.20 bits per heavy atom. The SMILES string of the molecule is COc1ccc(CNc2ncc(-n3c(=O)n(CC4CCC(NC(=O)c5cc(Cl)cnc5C)CC4)c4ccccc43)cc2OCc2ccc(OC)cc2)cc1. The molecule has 12 heteroatoms. The number of pyridine rings is 2. The summed E-state index contributed by atoms with van der Waals surface area (Å²) in [5.41, 5.74) is 5.25. The second-order valence-electron chi connectivity index (χ2n) is 13.6. The minimum Gasteiger partial charge on any atom is -0.497 e. The van der Waals surface area contributed by atoms with Crippen LogP contribution in [0.3, 0.4) is 0 Å². The number of halogens is 1. The number of anilines is 1. The van der Waals surface area contributed by atoms with Gasteiger partial charge in [-0.2, -0.15) is 0 Å². The predicted molar refractivity (Wildman–Crippen MR) is 210 cm³/mol. The van der Waals surface area contributed by atoms with Gasteiger partial charge in [0.25, 0.3) is 5.91 Å². The Hall–Kier alpha value is -5.81. The molecule has 1 aliphatic carbocycles. The highest BCUT2D eigenvalue weighted by Crippen LogP contribution is 2.31. The average molecular weight is 747 g/mol. The maximum Gasteiger partial charge on any atom is 0.333 e. The molecule has 0 unspecified atom stereocenters. The molecular formula is C42H43ClN6O5. The molecule has 3 aromatic heterocycles. The minimum absolute atomic E-state index is 0.0458. The first-order valence-electron chi connectivity index (χ1n) is 18.1. The number of para-hydroxylation sites is 2. The summed E-state index contributed by atoms with van der Waals surface area (Å²) in [4.78, 5) is 36.3. The Morgan fingerprint density at radius 2 is 1.52 bits per heavy atom. The molecule has 54 heavy (non-hydrogen) atoms. The quantitative estimate of drug-likeness (QED) is 0.123. The molecule has 2 N–H and O–H groups in total. The number of ether oxygens (including phenoxy) is 3. The van der Waals surface area contributed by atoms with Gasteiger partial charge in [0, 0.05) is 31.4 Å². The number of carbonyl (C=O) groups is 1. The van der Waals surface area contributed by atoms with Crippen molar-refractivity contribution in [3.05, 3.63) is 135 Å². The standard InChI is InChI=1S/C42H43ClN6O5/c1-27-36(20-31(43)23-44-27)41(50)47-32-14-8-29(9-15-32)25-48-37-6-4-5-7-38(37)49(42(48)51)33-21-39(54-26-30-12-18-35(53-3)19-13-30)40(46-24-33)45-22-28-10-16-34(52-2)17-11-28/h4-7,10-13,16-21,23-24,29,32H,8-9,14-15,22,25-26H2,1-3H3,(H,45,46)(H,47,50). The number of rotatable bonds is 13. The molecule has 1 fully saturated rings. The molecule has 3 heterocycles. The van der Waals surface area contributed by atoms with Gasteiger partial charge in [0.05, 0.1) is 53.4 Å². The number of nitrogens with one attached hydrogen (secondary N) is 2. The number of aromatic nitrogens is 4. The van der Waals surface area contributed by atoms with Crippen molar-refractivity contribution in [2.75, 3.05) is 19.5 Å². The van der Waals surface area contributed by atoms with Crippen LogP contribution in [0.15, 0.2) is 102 Å². The topological polar surface area (TPSA) is 122 Å². The zero-order valence-electron chi connectivity index (χ0n) is 30.6. The normalized spacial score (nSPS) is 15.5. The molecule has 0 aliphatic heterocycles. The highest BCUT2D eigenvalue weighted by atomic mass is 35.5. The van der Waals surface area contributed by atoms with Crippen LogP contribution in [0.1, 0.15) is 52.9 Å². The van der Waals surface area contributed by atoms with Crippen molar-refractivity contribution in [2.24, 2.45) is 5.92 Å². The lowest BCUT2D eigenvalue weighted by atomic mass is 9.85. The summed E-state index contributed by atoms with van der Waals surface area (Å²) in [6.07, 6.45) is 6.65. The number of fused-ring (bicyclic) bond motifs is 1. The van der Waals surface area contributed by atoms with Crippen LogP contribution in [0.5, 0.6) is 17.2 Å². The van der Waals surface area contributed by atoms with E-state index in [2.05, 4.69) is 15.6 Å². The van der Waals surface area contributed by atoms with Gasteiger partial charge in [0.1, 0.15) is 18.1 Å². The molecule has 6 aromatic rings. The maximum atomic E-state index is 14.3. The van der Waals surface area contributed by atoms with E-state index in [0.29, 0.717) is 53.2 Å². The molecule has 1 aliphatic rings. The van der Waals surface area contributed by atoms with Crippen LogP contribution in [0.25, 0.3) is 16.7 Å². The number of amides is 1. The zero-order chi connectivity index (χ0) is 37.6. The van der Waals surface area contributed by atoms with Crippen molar-refractivity contribution in [2.45, 2.75) is 58.3 Å². The minimum atomic E-state index is -0.159. The van der Waals surface area contributed by atoms with E-state index in [1.54, 1.807) is 44.2 Å². The second kappa shape index (κ2) is 16.5. The Labute approximate surface area is 318 Å². The van der Waals surface area contributed by atoms with E-state index in [1.807, 2.05) is 83.4 Å². The number of benzene rings is 3. The van der Waals surface area contributed by atoms with Gasteiger partial charge in [0.15, 0.2) is 11.6 Å². The fourth-order valence-electron chi connectivity index (χ4n) is 6.99. The average Bonchev–Trinajstić information content (AvgIpc) is 3.48. The lowest BCUT2D eigenvalue weighted by molar-refractivity contribution is 0.0919. The molecule has 3 aromatic carbocycles. The van der Waals surface area contributed by atoms with Crippen molar-refractivity contribution in [3.8, 4) is 22.9 Å². The summed E-state index contributed by atoms with van der Waals surface area (Å²) in [5, 5.41) is 7.02. The van der Waals surface area contributed by atoms with Gasteiger partial charge in [-0.15, -0.1) is 0 Å². The van der Waals surface area contributed by atoms with Crippen molar-refractivity contribution in [3.63, 3.8) is 0 Å². The first kappa shape index (κ1) is 36.5. The lowest BCUT2D eigenvalue weighted by Crippen LogP contribution is -2.39. The Morgan fingerprint density at radius 1 is 0.852 bits per heavy atom. The molecule has 1 saturated carbocycles. The van der Waals surface area contributed by atoms with E-state index in [4.69, 9.17) is 30.8 Å². The first-order chi connectivity index (χ1) is 26.3. The van der Waals surface area contributed by atoms with E-state index in [-0.39, 0.29) is 23.6 Å². The number of hydrogen-bond acceptors (Lipinski definition) is 8. The molecule has 0 bridgehead atoms. The molecular weight excluding hydrogens is 704 g/mol. The number of methoxy groups -OCH3 is 2. The van der Waals surface area contributed by atoms with Crippen LogP contribution in [0.2, 0.25) is 5.02 Å². The van der Waals surface area contributed by atoms with Gasteiger partial charge in [-0.25, -0.2) is 9.78 Å².